The third-order valence-electron chi connectivity index (χ3n) is 5.90. The van der Waals surface area contributed by atoms with E-state index in [0.717, 1.165) is 34.5 Å². The maximum atomic E-state index is 12.8. The van der Waals surface area contributed by atoms with Crippen LogP contribution in [0.2, 0.25) is 0 Å². The van der Waals surface area contributed by atoms with Gasteiger partial charge < -0.3 is 9.47 Å². The lowest BCUT2D eigenvalue weighted by Crippen LogP contribution is -2.35. The Labute approximate surface area is 224 Å². The summed E-state index contributed by atoms with van der Waals surface area (Å²) in [5, 5.41) is 15.8. The molecule has 0 bridgehead atoms. The number of aliphatic imine (C=N–C) groups is 1. The van der Waals surface area contributed by atoms with Crippen LogP contribution in [-0.4, -0.2) is 40.2 Å². The van der Waals surface area contributed by atoms with E-state index in [1.54, 1.807) is 6.08 Å². The molecule has 7 nitrogen and oxygen atoms in total. The molecule has 1 unspecified atom stereocenters. The number of nitrogens with one attached hydrogen (secondary N) is 1. The molecule has 0 saturated carbocycles. The predicted molar refractivity (Wildman–Crippen MR) is 150 cm³/mol. The van der Waals surface area contributed by atoms with Crippen LogP contribution < -0.4 is 9.47 Å². The average Bonchev–Trinajstić information content (AvgIpc) is 3.28. The van der Waals surface area contributed by atoms with E-state index in [2.05, 4.69) is 58.9 Å². The lowest BCUT2D eigenvalue weighted by Gasteiger charge is -2.20. The molecule has 0 fully saturated rings. The zero-order valence-electron chi connectivity index (χ0n) is 20.6. The van der Waals surface area contributed by atoms with Gasteiger partial charge in [-0.2, -0.15) is 15.1 Å². The van der Waals surface area contributed by atoms with E-state index >= 15 is 0 Å². The molecule has 4 rings (SSSR count). The lowest BCUT2D eigenvalue weighted by molar-refractivity contribution is -0.114. The molecule has 1 amide bonds. The fourth-order valence-electron chi connectivity index (χ4n) is 3.71. The standard InChI is InChI=1S/C27H29BrN4O3S/c1-4-6-24-31-32-25(29)22(26(33)30-27(32)36-24)16-19-15-20(28)9-12-23(19)35-14-13-34-21-10-7-18(8-11-21)17(3)5-2/h7-12,15-17,29H,4-6,13-14H2,1-3H3/b22-16-,29-25?. The summed E-state index contributed by atoms with van der Waals surface area (Å²) in [5.74, 6) is 1.46. The minimum absolute atomic E-state index is 0.0127. The van der Waals surface area contributed by atoms with Crippen LogP contribution in [0.15, 0.2) is 62.6 Å². The summed E-state index contributed by atoms with van der Waals surface area (Å²) in [5.41, 5.74) is 2.13. The number of benzene rings is 2. The zero-order chi connectivity index (χ0) is 25.7. The van der Waals surface area contributed by atoms with Gasteiger partial charge in [-0.1, -0.05) is 48.8 Å². The minimum Gasteiger partial charge on any atom is -0.490 e. The first-order valence-electron chi connectivity index (χ1n) is 12.0. The predicted octanol–water partition coefficient (Wildman–Crippen LogP) is 6.84. The van der Waals surface area contributed by atoms with Crippen molar-refractivity contribution < 1.29 is 14.3 Å². The van der Waals surface area contributed by atoms with Gasteiger partial charge in [-0.3, -0.25) is 10.2 Å². The second kappa shape index (κ2) is 11.9. The van der Waals surface area contributed by atoms with E-state index in [1.807, 2.05) is 30.3 Å². The summed E-state index contributed by atoms with van der Waals surface area (Å²) < 4.78 is 12.7. The van der Waals surface area contributed by atoms with Gasteiger partial charge in [-0.25, -0.2) is 0 Å². The number of ether oxygens (including phenoxy) is 2. The van der Waals surface area contributed by atoms with Crippen molar-refractivity contribution >= 4 is 55.7 Å². The summed E-state index contributed by atoms with van der Waals surface area (Å²) in [4.78, 5) is 16.9. The zero-order valence-corrected chi connectivity index (χ0v) is 23.0. The second-order valence-electron chi connectivity index (χ2n) is 8.52. The molecule has 0 aliphatic carbocycles. The molecule has 2 aliphatic rings. The van der Waals surface area contributed by atoms with Gasteiger partial charge in [0.25, 0.3) is 5.91 Å². The molecule has 9 heteroatoms. The van der Waals surface area contributed by atoms with Crippen LogP contribution in [0.1, 0.15) is 57.1 Å². The normalized spacial score (nSPS) is 17.1. The van der Waals surface area contributed by atoms with Gasteiger partial charge in [0.05, 0.1) is 5.57 Å². The second-order valence-corrected chi connectivity index (χ2v) is 10.5. The first kappa shape index (κ1) is 26.2. The molecular weight excluding hydrogens is 540 g/mol. The fraction of sp³-hybridized carbons (Fsp3) is 0.333. The van der Waals surface area contributed by atoms with Crippen molar-refractivity contribution in [3.05, 3.63) is 63.6 Å². The molecule has 2 aromatic rings. The molecule has 188 valence electrons. The number of rotatable bonds is 10. The number of hydrogen-bond acceptors (Lipinski definition) is 6. The Morgan fingerprint density at radius 2 is 1.89 bits per heavy atom. The minimum atomic E-state index is -0.457. The van der Waals surface area contributed by atoms with Crippen molar-refractivity contribution in [2.75, 3.05) is 13.2 Å². The van der Waals surface area contributed by atoms with Gasteiger partial charge >= 0.3 is 0 Å². The SMILES string of the molecule is CCCC1=NN2C(=N)/C(=C/c3cc(Br)ccc3OCCOc3ccc(C(C)CC)cc3)C(=O)N=C2S1. The molecule has 1 N–H and O–H groups in total. The van der Waals surface area contributed by atoms with Gasteiger partial charge in [-0.15, -0.1) is 0 Å². The van der Waals surface area contributed by atoms with E-state index in [-0.39, 0.29) is 11.4 Å². The van der Waals surface area contributed by atoms with Crippen LogP contribution in [0, 0.1) is 5.41 Å². The summed E-state index contributed by atoms with van der Waals surface area (Å²) in [6.45, 7) is 7.15. The highest BCUT2D eigenvalue weighted by molar-refractivity contribution is 9.10. The Morgan fingerprint density at radius 3 is 2.61 bits per heavy atom. The summed E-state index contributed by atoms with van der Waals surface area (Å²) in [6, 6.07) is 13.7. The van der Waals surface area contributed by atoms with Crippen molar-refractivity contribution in [3.8, 4) is 11.5 Å². The number of thioether (sulfide) groups is 1. The smallest absolute Gasteiger partial charge is 0.283 e. The molecular formula is C27H29BrN4O3S. The van der Waals surface area contributed by atoms with Crippen molar-refractivity contribution in [3.63, 3.8) is 0 Å². The molecule has 1 atom stereocenters. The average molecular weight is 570 g/mol. The van der Waals surface area contributed by atoms with E-state index in [9.17, 15) is 4.79 Å². The molecule has 2 aliphatic heterocycles. The number of halogens is 1. The van der Waals surface area contributed by atoms with Gasteiger partial charge in [0, 0.05) is 10.0 Å². The topological polar surface area (TPSA) is 87.3 Å². The highest BCUT2D eigenvalue weighted by Crippen LogP contribution is 2.32. The Bertz CT molecular complexity index is 1240. The number of nitrogens with zero attached hydrogens (tertiary/aromatic N) is 3. The largest absolute Gasteiger partial charge is 0.490 e. The van der Waals surface area contributed by atoms with E-state index in [4.69, 9.17) is 14.9 Å². The monoisotopic (exact) mass is 568 g/mol. The van der Waals surface area contributed by atoms with Gasteiger partial charge in [0.2, 0.25) is 5.17 Å². The van der Waals surface area contributed by atoms with Crippen molar-refractivity contribution in [1.82, 2.24) is 5.01 Å². The van der Waals surface area contributed by atoms with Crippen LogP contribution in [0.5, 0.6) is 11.5 Å². The van der Waals surface area contributed by atoms with Crippen LogP contribution >= 0.6 is 27.7 Å². The fourth-order valence-corrected chi connectivity index (χ4v) is 5.07. The van der Waals surface area contributed by atoms with Crippen LogP contribution in [0.25, 0.3) is 6.08 Å². The Balaban J connectivity index is 1.44. The van der Waals surface area contributed by atoms with E-state index in [0.29, 0.717) is 35.6 Å². The first-order chi connectivity index (χ1) is 17.4. The van der Waals surface area contributed by atoms with Crippen molar-refractivity contribution in [1.29, 1.82) is 5.41 Å². The van der Waals surface area contributed by atoms with Crippen molar-refractivity contribution in [2.24, 2.45) is 10.1 Å². The number of carbonyl (C=O) groups excluding carboxylic acids is 1. The van der Waals surface area contributed by atoms with E-state index in [1.165, 1.54) is 22.3 Å². The third kappa shape index (κ3) is 6.07. The van der Waals surface area contributed by atoms with Crippen molar-refractivity contribution in [2.45, 2.75) is 46.0 Å². The Kier molecular flexibility index (Phi) is 8.64. The Hall–Kier alpha value is -2.91. The number of amidine groups is 2. The molecule has 36 heavy (non-hydrogen) atoms. The summed E-state index contributed by atoms with van der Waals surface area (Å²) >= 11 is 4.83. The van der Waals surface area contributed by atoms with Crippen LogP contribution in [0.3, 0.4) is 0 Å². The van der Waals surface area contributed by atoms with Gasteiger partial charge in [0.15, 0.2) is 5.84 Å². The third-order valence-corrected chi connectivity index (χ3v) is 7.36. The molecule has 0 saturated heterocycles. The number of carbonyl (C=O) groups is 1. The molecule has 2 aromatic carbocycles. The summed E-state index contributed by atoms with van der Waals surface area (Å²) in [7, 11) is 0. The van der Waals surface area contributed by atoms with Gasteiger partial charge in [0.1, 0.15) is 29.8 Å². The first-order valence-corrected chi connectivity index (χ1v) is 13.6. The number of amides is 1. The molecule has 0 radical (unpaired) electrons. The van der Waals surface area contributed by atoms with Crippen LogP contribution in [-0.2, 0) is 4.79 Å². The highest BCUT2D eigenvalue weighted by Gasteiger charge is 2.35. The highest BCUT2D eigenvalue weighted by atomic mass is 79.9. The Morgan fingerprint density at radius 1 is 1.14 bits per heavy atom. The molecule has 0 aromatic heterocycles. The molecule has 2 heterocycles. The van der Waals surface area contributed by atoms with Gasteiger partial charge in [-0.05, 0) is 78.9 Å². The summed E-state index contributed by atoms with van der Waals surface area (Å²) in [6.07, 6.45) is 4.46. The maximum Gasteiger partial charge on any atom is 0.283 e. The van der Waals surface area contributed by atoms with Crippen LogP contribution in [0.4, 0.5) is 0 Å². The quantitative estimate of drug-likeness (QED) is 0.250. The maximum absolute atomic E-state index is 12.8. The number of hydrazone groups is 1. The molecule has 0 spiro atoms. The number of fused-ring (bicyclic) bond motifs is 1. The van der Waals surface area contributed by atoms with E-state index < -0.39 is 5.91 Å². The lowest BCUT2D eigenvalue weighted by atomic mass is 9.99. The number of hydrogen-bond donors (Lipinski definition) is 1.